The van der Waals surface area contributed by atoms with Crippen molar-refractivity contribution in [3.63, 3.8) is 0 Å². The van der Waals surface area contributed by atoms with Crippen molar-refractivity contribution < 1.29 is 4.74 Å². The van der Waals surface area contributed by atoms with Gasteiger partial charge in [0, 0.05) is 20.6 Å². The standard InChI is InChI=1S/C7H14N2OS/c1-9(2)7(11)6-5-10-4-3-8-6/h6,8H,3-5H2,1-2H3. The van der Waals surface area contributed by atoms with Crippen molar-refractivity contribution in [3.8, 4) is 0 Å². The first-order valence-corrected chi connectivity index (χ1v) is 4.15. The van der Waals surface area contributed by atoms with Crippen LogP contribution in [0.3, 0.4) is 0 Å². The van der Waals surface area contributed by atoms with Crippen LogP contribution in [0.5, 0.6) is 0 Å². The molecule has 0 aromatic heterocycles. The predicted molar refractivity (Wildman–Crippen MR) is 48.9 cm³/mol. The lowest BCUT2D eigenvalue weighted by molar-refractivity contribution is 0.0932. The van der Waals surface area contributed by atoms with E-state index in [9.17, 15) is 0 Å². The lowest BCUT2D eigenvalue weighted by atomic mass is 10.2. The molecule has 1 N–H and O–H groups in total. The molecule has 0 aromatic rings. The van der Waals surface area contributed by atoms with Crippen molar-refractivity contribution in [1.82, 2.24) is 10.2 Å². The Balaban J connectivity index is 2.39. The van der Waals surface area contributed by atoms with E-state index in [-0.39, 0.29) is 6.04 Å². The number of nitrogens with one attached hydrogen (secondary N) is 1. The summed E-state index contributed by atoms with van der Waals surface area (Å²) in [5.74, 6) is 0. The Morgan fingerprint density at radius 3 is 2.82 bits per heavy atom. The number of rotatable bonds is 1. The van der Waals surface area contributed by atoms with E-state index < -0.39 is 0 Å². The highest BCUT2D eigenvalue weighted by Gasteiger charge is 2.18. The van der Waals surface area contributed by atoms with Crippen LogP contribution >= 0.6 is 12.2 Å². The number of ether oxygens (including phenoxy) is 1. The van der Waals surface area contributed by atoms with Crippen molar-refractivity contribution in [2.75, 3.05) is 33.9 Å². The molecule has 0 saturated carbocycles. The zero-order chi connectivity index (χ0) is 8.27. The molecule has 0 amide bonds. The fourth-order valence-electron chi connectivity index (χ4n) is 1.04. The maximum Gasteiger partial charge on any atom is 0.0970 e. The van der Waals surface area contributed by atoms with Crippen LogP contribution in [0, 0.1) is 0 Å². The average molecular weight is 174 g/mol. The van der Waals surface area contributed by atoms with Gasteiger partial charge in [0.1, 0.15) is 0 Å². The summed E-state index contributed by atoms with van der Waals surface area (Å²) in [6.07, 6.45) is 0. The van der Waals surface area contributed by atoms with Gasteiger partial charge in [0.25, 0.3) is 0 Å². The Morgan fingerprint density at radius 1 is 1.64 bits per heavy atom. The van der Waals surface area contributed by atoms with Crippen LogP contribution in [-0.2, 0) is 4.74 Å². The molecule has 0 bridgehead atoms. The molecule has 4 heteroatoms. The summed E-state index contributed by atoms with van der Waals surface area (Å²) in [6.45, 7) is 2.40. The number of hydrogen-bond acceptors (Lipinski definition) is 3. The van der Waals surface area contributed by atoms with E-state index in [2.05, 4.69) is 5.32 Å². The molecule has 0 aromatic carbocycles. The second-order valence-corrected chi connectivity index (χ2v) is 3.23. The second kappa shape index (κ2) is 3.99. The number of hydrogen-bond donors (Lipinski definition) is 1. The van der Waals surface area contributed by atoms with Crippen LogP contribution in [0.1, 0.15) is 0 Å². The Bertz CT molecular complexity index is 143. The Hall–Kier alpha value is -0.190. The number of nitrogens with zero attached hydrogens (tertiary/aromatic N) is 1. The molecule has 11 heavy (non-hydrogen) atoms. The Morgan fingerprint density at radius 2 is 2.36 bits per heavy atom. The van der Waals surface area contributed by atoms with Crippen molar-refractivity contribution in [2.24, 2.45) is 0 Å². The SMILES string of the molecule is CN(C)C(=S)C1COCCN1. The molecule has 1 rings (SSSR count). The zero-order valence-electron chi connectivity index (χ0n) is 6.96. The second-order valence-electron chi connectivity index (χ2n) is 2.81. The molecule has 1 fully saturated rings. The summed E-state index contributed by atoms with van der Waals surface area (Å²) in [5.41, 5.74) is 0. The topological polar surface area (TPSA) is 24.5 Å². The van der Waals surface area contributed by atoms with Gasteiger partial charge >= 0.3 is 0 Å². The van der Waals surface area contributed by atoms with Gasteiger partial charge in [-0.05, 0) is 0 Å². The van der Waals surface area contributed by atoms with Gasteiger partial charge in [-0.15, -0.1) is 0 Å². The van der Waals surface area contributed by atoms with E-state index in [0.717, 1.165) is 18.1 Å². The van der Waals surface area contributed by atoms with Crippen LogP contribution < -0.4 is 5.32 Å². The maximum atomic E-state index is 5.28. The molecule has 0 aliphatic carbocycles. The molecular formula is C7H14N2OS. The molecule has 0 spiro atoms. The third-order valence-electron chi connectivity index (χ3n) is 1.66. The first kappa shape index (κ1) is 8.90. The third-order valence-corrected chi connectivity index (χ3v) is 2.31. The van der Waals surface area contributed by atoms with Crippen LogP contribution in [-0.4, -0.2) is 49.8 Å². The highest BCUT2D eigenvalue weighted by atomic mass is 32.1. The molecule has 1 saturated heterocycles. The van der Waals surface area contributed by atoms with Gasteiger partial charge in [-0.2, -0.15) is 0 Å². The number of morpholine rings is 1. The number of likely N-dealkylation sites (N-methyl/N-ethyl adjacent to an activating group) is 1. The first-order chi connectivity index (χ1) is 5.22. The third kappa shape index (κ3) is 2.39. The van der Waals surface area contributed by atoms with Crippen LogP contribution in [0.2, 0.25) is 0 Å². The molecule has 1 heterocycles. The van der Waals surface area contributed by atoms with E-state index in [1.165, 1.54) is 0 Å². The van der Waals surface area contributed by atoms with Crippen molar-refractivity contribution in [3.05, 3.63) is 0 Å². The van der Waals surface area contributed by atoms with Crippen molar-refractivity contribution in [1.29, 1.82) is 0 Å². The average Bonchev–Trinajstić information content (AvgIpc) is 2.05. The highest BCUT2D eigenvalue weighted by molar-refractivity contribution is 7.80. The molecule has 1 atom stereocenters. The normalized spacial score (nSPS) is 24.7. The number of thiocarbonyl (C=S) groups is 1. The quantitative estimate of drug-likeness (QED) is 0.559. The monoisotopic (exact) mass is 174 g/mol. The van der Waals surface area contributed by atoms with Crippen LogP contribution in [0.25, 0.3) is 0 Å². The fraction of sp³-hybridized carbons (Fsp3) is 0.857. The van der Waals surface area contributed by atoms with Gasteiger partial charge in [0.05, 0.1) is 24.2 Å². The van der Waals surface area contributed by atoms with Gasteiger partial charge in [-0.1, -0.05) is 12.2 Å². The molecular weight excluding hydrogens is 160 g/mol. The minimum atomic E-state index is 0.230. The van der Waals surface area contributed by atoms with Gasteiger partial charge in [-0.25, -0.2) is 0 Å². The van der Waals surface area contributed by atoms with E-state index in [4.69, 9.17) is 17.0 Å². The summed E-state index contributed by atoms with van der Waals surface area (Å²) >= 11 is 5.18. The lowest BCUT2D eigenvalue weighted by Crippen LogP contribution is -2.49. The van der Waals surface area contributed by atoms with E-state index >= 15 is 0 Å². The summed E-state index contributed by atoms with van der Waals surface area (Å²) in [6, 6.07) is 0.230. The molecule has 64 valence electrons. The lowest BCUT2D eigenvalue weighted by Gasteiger charge is -2.27. The van der Waals surface area contributed by atoms with Crippen molar-refractivity contribution in [2.45, 2.75) is 6.04 Å². The molecule has 1 aliphatic rings. The Labute approximate surface area is 72.7 Å². The molecule has 1 aliphatic heterocycles. The van der Waals surface area contributed by atoms with E-state index in [1.54, 1.807) is 0 Å². The zero-order valence-corrected chi connectivity index (χ0v) is 7.78. The minimum Gasteiger partial charge on any atom is -0.378 e. The minimum absolute atomic E-state index is 0.230. The predicted octanol–water partition coefficient (Wildman–Crippen LogP) is -0.136. The summed E-state index contributed by atoms with van der Waals surface area (Å²) < 4.78 is 5.28. The summed E-state index contributed by atoms with van der Waals surface area (Å²) in [5, 5.41) is 3.29. The van der Waals surface area contributed by atoms with Crippen LogP contribution in [0.15, 0.2) is 0 Å². The first-order valence-electron chi connectivity index (χ1n) is 3.74. The van der Waals surface area contributed by atoms with Gasteiger partial charge in [0.2, 0.25) is 0 Å². The van der Waals surface area contributed by atoms with Gasteiger partial charge < -0.3 is 15.0 Å². The van der Waals surface area contributed by atoms with Gasteiger partial charge in [-0.3, -0.25) is 0 Å². The molecule has 3 nitrogen and oxygen atoms in total. The van der Waals surface area contributed by atoms with Gasteiger partial charge in [0.15, 0.2) is 0 Å². The van der Waals surface area contributed by atoms with Crippen molar-refractivity contribution >= 4 is 17.2 Å². The molecule has 0 radical (unpaired) electrons. The fourth-order valence-corrected chi connectivity index (χ4v) is 1.19. The van der Waals surface area contributed by atoms with E-state index in [0.29, 0.717) is 6.61 Å². The summed E-state index contributed by atoms with van der Waals surface area (Å²) in [7, 11) is 3.91. The van der Waals surface area contributed by atoms with Crippen LogP contribution in [0.4, 0.5) is 0 Å². The van der Waals surface area contributed by atoms with E-state index in [1.807, 2.05) is 19.0 Å². The molecule has 1 unspecified atom stereocenters. The maximum absolute atomic E-state index is 5.28. The summed E-state index contributed by atoms with van der Waals surface area (Å²) in [4.78, 5) is 2.87. The smallest absolute Gasteiger partial charge is 0.0970 e. The Kier molecular flexibility index (Phi) is 3.23. The largest absolute Gasteiger partial charge is 0.378 e. The highest BCUT2D eigenvalue weighted by Crippen LogP contribution is 1.98.